The van der Waals surface area contributed by atoms with Crippen LogP contribution in [0.1, 0.15) is 20.3 Å². The number of benzene rings is 2. The van der Waals surface area contributed by atoms with Crippen LogP contribution in [0, 0.1) is 5.92 Å². The maximum absolute atomic E-state index is 13.0. The van der Waals surface area contributed by atoms with E-state index in [1.165, 1.54) is 6.20 Å². The summed E-state index contributed by atoms with van der Waals surface area (Å²) in [5, 5.41) is 16.1. The number of ketones is 1. The lowest BCUT2D eigenvalue weighted by atomic mass is 10.0. The van der Waals surface area contributed by atoms with E-state index in [1.807, 2.05) is 36.4 Å². The molecule has 0 aliphatic carbocycles. The van der Waals surface area contributed by atoms with Gasteiger partial charge in [-0.05, 0) is 23.4 Å². The van der Waals surface area contributed by atoms with Crippen LogP contribution in [-0.2, 0) is 19.2 Å². The summed E-state index contributed by atoms with van der Waals surface area (Å²) in [5.74, 6) is -2.78. The molecule has 0 aliphatic rings. The lowest BCUT2D eigenvalue weighted by molar-refractivity contribution is -0.141. The quantitative estimate of drug-likeness (QED) is 0.320. The van der Waals surface area contributed by atoms with Crippen LogP contribution >= 0.6 is 0 Å². The minimum absolute atomic E-state index is 0.190. The van der Waals surface area contributed by atoms with Crippen molar-refractivity contribution >= 4 is 34.3 Å². The van der Waals surface area contributed by atoms with Crippen molar-refractivity contribution in [2.45, 2.75) is 32.4 Å². The monoisotopic (exact) mass is 507 g/mol. The molecule has 3 N–H and O–H groups in total. The minimum Gasteiger partial charge on any atom is -0.483 e. The van der Waals surface area contributed by atoms with Crippen LogP contribution in [-0.4, -0.2) is 59.0 Å². The number of pyridine rings is 1. The highest BCUT2D eigenvalue weighted by atomic mass is 16.5. The summed E-state index contributed by atoms with van der Waals surface area (Å²) in [4.78, 5) is 53.5. The van der Waals surface area contributed by atoms with Crippen LogP contribution in [0.25, 0.3) is 10.8 Å². The first-order valence-electron chi connectivity index (χ1n) is 11.7. The number of carbonyl (C=O) groups is 4. The molecule has 37 heavy (non-hydrogen) atoms. The van der Waals surface area contributed by atoms with Crippen molar-refractivity contribution in [2.24, 2.45) is 5.92 Å². The SMILES string of the molecule is CC(C)[C@H](NC(=O)COc1cccc2ccccc12)C(=O)N[C@@H](CC(=O)O)C(=O)COc1ccccn1. The highest BCUT2D eigenvalue weighted by Gasteiger charge is 2.30. The molecular weight excluding hydrogens is 478 g/mol. The van der Waals surface area contributed by atoms with Gasteiger partial charge < -0.3 is 25.2 Å². The van der Waals surface area contributed by atoms with Gasteiger partial charge >= 0.3 is 5.97 Å². The van der Waals surface area contributed by atoms with Gasteiger partial charge in [-0.3, -0.25) is 19.2 Å². The smallest absolute Gasteiger partial charge is 0.305 e. The second kappa shape index (κ2) is 13.0. The predicted octanol–water partition coefficient (Wildman–Crippen LogP) is 2.36. The molecule has 0 unspecified atom stereocenters. The number of amides is 2. The molecule has 1 heterocycles. The van der Waals surface area contributed by atoms with Gasteiger partial charge in [-0.2, -0.15) is 0 Å². The van der Waals surface area contributed by atoms with Crippen molar-refractivity contribution < 1.29 is 33.8 Å². The molecule has 1 aromatic heterocycles. The normalized spacial score (nSPS) is 12.4. The fraction of sp³-hybridized carbons (Fsp3) is 0.296. The zero-order valence-electron chi connectivity index (χ0n) is 20.5. The average Bonchev–Trinajstić information content (AvgIpc) is 2.88. The van der Waals surface area contributed by atoms with E-state index in [0.717, 1.165) is 10.8 Å². The highest BCUT2D eigenvalue weighted by Crippen LogP contribution is 2.25. The van der Waals surface area contributed by atoms with Gasteiger partial charge in [0.05, 0.1) is 6.42 Å². The Hall–Kier alpha value is -4.47. The van der Waals surface area contributed by atoms with Gasteiger partial charge in [-0.25, -0.2) is 4.98 Å². The number of carboxylic acid groups (broad SMARTS) is 1. The Morgan fingerprint density at radius 3 is 2.32 bits per heavy atom. The molecule has 0 saturated carbocycles. The van der Waals surface area contributed by atoms with Gasteiger partial charge in [0.1, 0.15) is 17.8 Å². The number of Topliss-reactive ketones (excluding diaryl/α,β-unsaturated/α-hetero) is 1. The van der Waals surface area contributed by atoms with E-state index in [9.17, 15) is 24.3 Å². The highest BCUT2D eigenvalue weighted by molar-refractivity contribution is 5.95. The summed E-state index contributed by atoms with van der Waals surface area (Å²) in [7, 11) is 0. The standard InChI is InChI=1S/C27H29N3O7/c1-17(2)26(30-23(32)16-36-22-11-7-9-18-8-3-4-10-19(18)22)27(35)29-20(14-25(33)34)21(31)15-37-24-12-5-6-13-28-24/h3-13,17,20,26H,14-16H2,1-2H3,(H,29,35)(H,30,32)(H,33,34)/t20-,26-/m0/s1. The zero-order valence-corrected chi connectivity index (χ0v) is 20.5. The second-order valence-electron chi connectivity index (χ2n) is 8.64. The van der Waals surface area contributed by atoms with Gasteiger partial charge in [0, 0.05) is 17.6 Å². The first-order chi connectivity index (χ1) is 17.7. The topological polar surface area (TPSA) is 144 Å². The number of hydrogen-bond donors (Lipinski definition) is 3. The molecule has 0 fully saturated rings. The van der Waals surface area contributed by atoms with Gasteiger partial charge in [0.15, 0.2) is 19.0 Å². The average molecular weight is 508 g/mol. The van der Waals surface area contributed by atoms with Crippen molar-refractivity contribution in [2.75, 3.05) is 13.2 Å². The van der Waals surface area contributed by atoms with Crippen LogP contribution in [0.4, 0.5) is 0 Å². The van der Waals surface area contributed by atoms with Gasteiger partial charge in [0.25, 0.3) is 5.91 Å². The molecule has 0 spiro atoms. The van der Waals surface area contributed by atoms with Crippen LogP contribution in [0.15, 0.2) is 66.9 Å². The van der Waals surface area contributed by atoms with E-state index < -0.39 is 48.7 Å². The lowest BCUT2D eigenvalue weighted by Gasteiger charge is -2.24. The molecule has 0 aliphatic heterocycles. The number of carboxylic acids is 1. The van der Waals surface area contributed by atoms with Crippen LogP contribution in [0.3, 0.4) is 0 Å². The van der Waals surface area contributed by atoms with Crippen LogP contribution in [0.5, 0.6) is 11.6 Å². The number of rotatable bonds is 13. The maximum Gasteiger partial charge on any atom is 0.305 e. The summed E-state index contributed by atoms with van der Waals surface area (Å²) in [5.41, 5.74) is 0. The van der Waals surface area contributed by atoms with Crippen molar-refractivity contribution in [3.63, 3.8) is 0 Å². The van der Waals surface area contributed by atoms with E-state index in [1.54, 1.807) is 38.1 Å². The van der Waals surface area contributed by atoms with E-state index in [-0.39, 0.29) is 18.4 Å². The van der Waals surface area contributed by atoms with E-state index in [4.69, 9.17) is 9.47 Å². The number of carbonyl (C=O) groups excluding carboxylic acids is 3. The zero-order chi connectivity index (χ0) is 26.8. The number of aliphatic carboxylic acids is 1. The fourth-order valence-corrected chi connectivity index (χ4v) is 3.57. The third kappa shape index (κ3) is 8.03. The Kier molecular flexibility index (Phi) is 9.54. The van der Waals surface area contributed by atoms with Crippen molar-refractivity contribution in [1.29, 1.82) is 0 Å². The molecule has 0 saturated heterocycles. The fourth-order valence-electron chi connectivity index (χ4n) is 3.57. The Bertz CT molecular complexity index is 1240. The van der Waals surface area contributed by atoms with Crippen molar-refractivity contribution in [1.82, 2.24) is 15.6 Å². The molecule has 10 nitrogen and oxygen atoms in total. The third-order valence-corrected chi connectivity index (χ3v) is 5.46. The first-order valence-corrected chi connectivity index (χ1v) is 11.7. The van der Waals surface area contributed by atoms with Crippen molar-refractivity contribution in [3.05, 3.63) is 66.9 Å². The minimum atomic E-state index is -1.35. The Labute approximate surface area is 214 Å². The number of aromatic nitrogens is 1. The Morgan fingerprint density at radius 1 is 0.892 bits per heavy atom. The Morgan fingerprint density at radius 2 is 1.62 bits per heavy atom. The predicted molar refractivity (Wildman–Crippen MR) is 135 cm³/mol. The summed E-state index contributed by atoms with van der Waals surface area (Å²) in [6.07, 6.45) is 0.843. The van der Waals surface area contributed by atoms with Crippen LogP contribution in [0.2, 0.25) is 0 Å². The van der Waals surface area contributed by atoms with E-state index >= 15 is 0 Å². The molecule has 0 radical (unpaired) electrons. The van der Waals surface area contributed by atoms with E-state index in [0.29, 0.717) is 5.75 Å². The number of nitrogens with one attached hydrogen (secondary N) is 2. The van der Waals surface area contributed by atoms with Gasteiger partial charge in [-0.1, -0.05) is 56.3 Å². The number of hydrogen-bond acceptors (Lipinski definition) is 7. The second-order valence-corrected chi connectivity index (χ2v) is 8.64. The molecule has 0 bridgehead atoms. The van der Waals surface area contributed by atoms with Gasteiger partial charge in [0.2, 0.25) is 11.8 Å². The molecule has 2 aromatic carbocycles. The molecule has 194 valence electrons. The van der Waals surface area contributed by atoms with Crippen molar-refractivity contribution in [3.8, 4) is 11.6 Å². The largest absolute Gasteiger partial charge is 0.483 e. The summed E-state index contributed by atoms with van der Waals surface area (Å²) in [6.45, 7) is 2.62. The van der Waals surface area contributed by atoms with Crippen LogP contribution < -0.4 is 20.1 Å². The number of ether oxygens (including phenoxy) is 2. The van der Waals surface area contributed by atoms with E-state index in [2.05, 4.69) is 15.6 Å². The number of fused-ring (bicyclic) bond motifs is 1. The summed E-state index contributed by atoms with van der Waals surface area (Å²) < 4.78 is 11.0. The summed E-state index contributed by atoms with van der Waals surface area (Å²) in [6, 6.07) is 15.6. The number of nitrogens with zero attached hydrogens (tertiary/aromatic N) is 1. The summed E-state index contributed by atoms with van der Waals surface area (Å²) >= 11 is 0. The third-order valence-electron chi connectivity index (χ3n) is 5.46. The molecule has 2 amide bonds. The lowest BCUT2D eigenvalue weighted by Crippen LogP contribution is -2.55. The molecule has 3 rings (SSSR count). The molecular formula is C27H29N3O7. The molecule has 10 heteroatoms. The van der Waals surface area contributed by atoms with Gasteiger partial charge in [-0.15, -0.1) is 0 Å². The first kappa shape index (κ1) is 27.1. The Balaban J connectivity index is 1.61. The molecule has 2 atom stereocenters. The molecule has 3 aromatic rings. The maximum atomic E-state index is 13.0.